The molecule has 1 aromatic heterocycles. The van der Waals surface area contributed by atoms with Crippen LogP contribution in [0.15, 0.2) is 54.6 Å². The second-order valence-corrected chi connectivity index (χ2v) is 6.54. The number of amides is 1. The highest BCUT2D eigenvalue weighted by Gasteiger charge is 2.21. The van der Waals surface area contributed by atoms with Crippen molar-refractivity contribution in [2.45, 2.75) is 25.8 Å². The van der Waals surface area contributed by atoms with Gasteiger partial charge in [-0.25, -0.2) is 14.1 Å². The molecule has 0 fully saturated rings. The molecule has 0 saturated carbocycles. The number of nitrogens with two attached hydrogens (primary N) is 1. The van der Waals surface area contributed by atoms with Gasteiger partial charge in [0.2, 0.25) is 5.82 Å². The molecule has 0 saturated heterocycles. The van der Waals surface area contributed by atoms with Crippen molar-refractivity contribution in [2.75, 3.05) is 6.54 Å². The number of para-hydroxylation sites is 1. The molecule has 0 bridgehead atoms. The first-order valence-corrected chi connectivity index (χ1v) is 8.78. The van der Waals surface area contributed by atoms with E-state index in [1.165, 1.54) is 10.7 Å². The summed E-state index contributed by atoms with van der Waals surface area (Å²) in [6.45, 7) is 4.07. The highest BCUT2D eigenvalue weighted by Crippen LogP contribution is 2.19. The quantitative estimate of drug-likeness (QED) is 0.660. The minimum Gasteiger partial charge on any atom is -0.347 e. The summed E-state index contributed by atoms with van der Waals surface area (Å²) in [4.78, 5) is 16.8. The number of carbonyl (C=O) groups is 1. The molecule has 3 N–H and O–H groups in total. The Hall–Kier alpha value is -2.77. The summed E-state index contributed by atoms with van der Waals surface area (Å²) in [7, 11) is 0. The largest absolute Gasteiger partial charge is 0.347 e. The second kappa shape index (κ2) is 9.43. The fourth-order valence-corrected chi connectivity index (χ4v) is 2.69. The Bertz CT molecular complexity index is 929. The normalized spacial score (nSPS) is 11.8. The summed E-state index contributed by atoms with van der Waals surface area (Å²) in [6.07, 6.45) is 0. The molecule has 0 aliphatic heterocycles. The van der Waals surface area contributed by atoms with Crippen LogP contribution in [0.3, 0.4) is 0 Å². The Morgan fingerprint density at radius 3 is 2.43 bits per heavy atom. The van der Waals surface area contributed by atoms with Crippen molar-refractivity contribution in [2.24, 2.45) is 5.73 Å². The lowest BCUT2D eigenvalue weighted by Crippen LogP contribution is -2.32. The van der Waals surface area contributed by atoms with E-state index >= 15 is 0 Å². The van der Waals surface area contributed by atoms with Crippen LogP contribution in [0.2, 0.25) is 0 Å². The van der Waals surface area contributed by atoms with Crippen LogP contribution in [0.25, 0.3) is 5.69 Å². The van der Waals surface area contributed by atoms with Crippen LogP contribution in [0.5, 0.6) is 0 Å². The zero-order chi connectivity index (χ0) is 19.4. The van der Waals surface area contributed by atoms with Crippen molar-refractivity contribution < 1.29 is 9.18 Å². The molecule has 3 rings (SSSR count). The van der Waals surface area contributed by atoms with Gasteiger partial charge in [0, 0.05) is 18.5 Å². The minimum absolute atomic E-state index is 0. The Balaban J connectivity index is 0.00000280. The van der Waals surface area contributed by atoms with Crippen LogP contribution in [-0.2, 0) is 0 Å². The third kappa shape index (κ3) is 4.74. The van der Waals surface area contributed by atoms with Crippen molar-refractivity contribution in [1.29, 1.82) is 0 Å². The Labute approximate surface area is 169 Å². The van der Waals surface area contributed by atoms with E-state index < -0.39 is 11.7 Å². The molecule has 0 aliphatic carbocycles. The van der Waals surface area contributed by atoms with Gasteiger partial charge < -0.3 is 11.1 Å². The molecule has 2 aromatic carbocycles. The fraction of sp³-hybridized carbons (Fsp3) is 0.250. The molecule has 3 aromatic rings. The summed E-state index contributed by atoms with van der Waals surface area (Å²) < 4.78 is 15.5. The number of carbonyl (C=O) groups excluding carboxylic acids is 1. The first kappa shape index (κ1) is 21.5. The topological polar surface area (TPSA) is 85.8 Å². The predicted octanol–water partition coefficient (Wildman–Crippen LogP) is 3.38. The van der Waals surface area contributed by atoms with Crippen LogP contribution in [0.1, 0.15) is 47.8 Å². The fourth-order valence-electron chi connectivity index (χ4n) is 2.69. The van der Waals surface area contributed by atoms with Crippen LogP contribution < -0.4 is 11.1 Å². The van der Waals surface area contributed by atoms with Gasteiger partial charge in [-0.05, 0) is 17.7 Å². The number of benzene rings is 2. The lowest BCUT2D eigenvalue weighted by Gasteiger charge is -2.12. The first-order valence-electron chi connectivity index (χ1n) is 8.78. The van der Waals surface area contributed by atoms with Gasteiger partial charge in [-0.1, -0.05) is 56.3 Å². The van der Waals surface area contributed by atoms with Crippen molar-refractivity contribution in [3.8, 4) is 5.69 Å². The van der Waals surface area contributed by atoms with E-state index in [9.17, 15) is 9.18 Å². The molecule has 28 heavy (non-hydrogen) atoms. The molecule has 6 nitrogen and oxygen atoms in total. The maximum atomic E-state index is 14.2. The van der Waals surface area contributed by atoms with Gasteiger partial charge in [0.25, 0.3) is 5.91 Å². The average Bonchev–Trinajstić information content (AvgIpc) is 3.12. The molecule has 1 unspecified atom stereocenters. The number of halogens is 2. The zero-order valence-electron chi connectivity index (χ0n) is 15.7. The van der Waals surface area contributed by atoms with E-state index in [-0.39, 0.29) is 42.4 Å². The molecule has 0 radical (unpaired) electrons. The molecule has 1 atom stereocenters. The van der Waals surface area contributed by atoms with E-state index in [1.807, 2.05) is 44.2 Å². The molecule has 148 valence electrons. The smallest absolute Gasteiger partial charge is 0.291 e. The maximum Gasteiger partial charge on any atom is 0.291 e. The number of aromatic nitrogens is 3. The van der Waals surface area contributed by atoms with Gasteiger partial charge in [-0.3, -0.25) is 4.79 Å². The van der Waals surface area contributed by atoms with Gasteiger partial charge in [0.1, 0.15) is 17.3 Å². The number of nitrogens with zero attached hydrogens (tertiary/aromatic N) is 3. The lowest BCUT2D eigenvalue weighted by molar-refractivity contribution is 0.0941. The molecule has 1 amide bonds. The molecular formula is C20H23ClFN5O. The van der Waals surface area contributed by atoms with Crippen LogP contribution in [0.4, 0.5) is 4.39 Å². The van der Waals surface area contributed by atoms with Crippen molar-refractivity contribution in [3.63, 3.8) is 0 Å². The van der Waals surface area contributed by atoms with Crippen LogP contribution >= 0.6 is 12.4 Å². The lowest BCUT2D eigenvalue weighted by atomic mass is 10.1. The SMILES string of the molecule is CC(C)c1nc(C(=O)NCC(N)c2ccccc2)nn1-c1ccccc1F.Cl. The predicted molar refractivity (Wildman–Crippen MR) is 108 cm³/mol. The van der Waals surface area contributed by atoms with E-state index in [0.717, 1.165) is 5.56 Å². The summed E-state index contributed by atoms with van der Waals surface area (Å²) >= 11 is 0. The van der Waals surface area contributed by atoms with E-state index in [4.69, 9.17) is 5.73 Å². The third-order valence-electron chi connectivity index (χ3n) is 4.14. The number of nitrogens with one attached hydrogen (secondary N) is 1. The van der Waals surface area contributed by atoms with Crippen LogP contribution in [-0.4, -0.2) is 27.2 Å². The number of hydrogen-bond donors (Lipinski definition) is 2. The van der Waals surface area contributed by atoms with E-state index in [1.54, 1.807) is 18.2 Å². The van der Waals surface area contributed by atoms with Gasteiger partial charge >= 0.3 is 0 Å². The Morgan fingerprint density at radius 1 is 1.14 bits per heavy atom. The van der Waals surface area contributed by atoms with Gasteiger partial charge in [-0.15, -0.1) is 17.5 Å². The Morgan fingerprint density at radius 2 is 1.79 bits per heavy atom. The molecule has 1 heterocycles. The second-order valence-electron chi connectivity index (χ2n) is 6.54. The minimum atomic E-state index is -0.446. The molecular weight excluding hydrogens is 381 g/mol. The highest BCUT2D eigenvalue weighted by atomic mass is 35.5. The monoisotopic (exact) mass is 403 g/mol. The highest BCUT2D eigenvalue weighted by molar-refractivity contribution is 5.90. The van der Waals surface area contributed by atoms with Crippen molar-refractivity contribution >= 4 is 18.3 Å². The number of rotatable bonds is 6. The van der Waals surface area contributed by atoms with Crippen molar-refractivity contribution in [1.82, 2.24) is 20.1 Å². The van der Waals surface area contributed by atoms with Gasteiger partial charge in [0.05, 0.1) is 0 Å². The maximum absolute atomic E-state index is 14.2. The van der Waals surface area contributed by atoms with Crippen molar-refractivity contribution in [3.05, 3.63) is 77.6 Å². The van der Waals surface area contributed by atoms with Gasteiger partial charge in [0.15, 0.2) is 0 Å². The number of hydrogen-bond acceptors (Lipinski definition) is 4. The summed E-state index contributed by atoms with van der Waals surface area (Å²) in [5, 5.41) is 6.97. The zero-order valence-corrected chi connectivity index (χ0v) is 16.5. The third-order valence-corrected chi connectivity index (χ3v) is 4.14. The molecule has 0 spiro atoms. The van der Waals surface area contributed by atoms with E-state index in [0.29, 0.717) is 5.82 Å². The summed E-state index contributed by atoms with van der Waals surface area (Å²) in [5.41, 5.74) is 7.29. The first-order chi connectivity index (χ1) is 13.0. The molecule has 8 heteroatoms. The van der Waals surface area contributed by atoms with E-state index in [2.05, 4.69) is 15.4 Å². The average molecular weight is 404 g/mol. The molecule has 0 aliphatic rings. The standard InChI is InChI=1S/C20H22FN5O.ClH/c1-13(2)19-24-18(25-26(19)17-11-7-6-10-15(17)21)20(27)23-12-16(22)14-8-4-3-5-9-14;/h3-11,13,16H,12,22H2,1-2H3,(H,23,27);1H. The van der Waals surface area contributed by atoms with Crippen LogP contribution in [0, 0.1) is 5.82 Å². The summed E-state index contributed by atoms with van der Waals surface area (Å²) in [5.74, 6) is -0.411. The van der Waals surface area contributed by atoms with Gasteiger partial charge in [-0.2, -0.15) is 0 Å². The Kier molecular flexibility index (Phi) is 7.25. The summed E-state index contributed by atoms with van der Waals surface area (Å²) in [6, 6.07) is 15.4.